The van der Waals surface area contributed by atoms with Crippen LogP contribution in [-0.2, 0) is 6.42 Å². The molecular formula is C15H18N2O2. The minimum atomic E-state index is -0.749. The molecule has 1 aliphatic carbocycles. The van der Waals surface area contributed by atoms with Gasteiger partial charge in [0.2, 0.25) is 0 Å². The quantitative estimate of drug-likeness (QED) is 0.867. The van der Waals surface area contributed by atoms with E-state index in [0.717, 1.165) is 36.7 Å². The first-order valence-electron chi connectivity index (χ1n) is 6.87. The summed E-state index contributed by atoms with van der Waals surface area (Å²) in [6.07, 6.45) is 5.11. The number of fused-ring (bicyclic) bond motifs is 1. The molecule has 0 radical (unpaired) electrons. The lowest BCUT2D eigenvalue weighted by atomic mass is 9.82. The molecular weight excluding hydrogens is 240 g/mol. The molecule has 0 bridgehead atoms. The largest absolute Gasteiger partial charge is 0.389 e. The number of hydrogen-bond acceptors (Lipinski definition) is 3. The summed E-state index contributed by atoms with van der Waals surface area (Å²) in [5, 5.41) is 10.5. The van der Waals surface area contributed by atoms with Crippen molar-refractivity contribution in [2.24, 2.45) is 0 Å². The average molecular weight is 258 g/mol. The highest BCUT2D eigenvalue weighted by Gasteiger charge is 2.30. The normalized spacial score (nSPS) is 18.6. The second-order valence-electron chi connectivity index (χ2n) is 5.49. The van der Waals surface area contributed by atoms with Crippen LogP contribution in [0.3, 0.4) is 0 Å². The monoisotopic (exact) mass is 258 g/mol. The molecule has 0 unspecified atom stereocenters. The van der Waals surface area contributed by atoms with Gasteiger partial charge in [-0.25, -0.2) is 4.98 Å². The van der Waals surface area contributed by atoms with E-state index in [2.05, 4.69) is 9.97 Å². The number of aliphatic hydroxyl groups is 1. The van der Waals surface area contributed by atoms with E-state index < -0.39 is 5.60 Å². The van der Waals surface area contributed by atoms with Crippen LogP contribution < -0.4 is 5.56 Å². The fourth-order valence-corrected chi connectivity index (χ4v) is 2.89. The highest BCUT2D eigenvalue weighted by molar-refractivity contribution is 5.73. The molecule has 3 rings (SSSR count). The summed E-state index contributed by atoms with van der Waals surface area (Å²) in [5.41, 5.74) is 1.03. The van der Waals surface area contributed by atoms with Gasteiger partial charge in [-0.2, -0.15) is 0 Å². The lowest BCUT2D eigenvalue weighted by Gasteiger charge is -2.31. The van der Waals surface area contributed by atoms with Gasteiger partial charge in [0.1, 0.15) is 5.69 Å². The Hall–Kier alpha value is -1.68. The number of hydrogen-bond donors (Lipinski definition) is 2. The molecule has 1 heterocycles. The number of aromatic nitrogens is 2. The van der Waals surface area contributed by atoms with Crippen LogP contribution in [0.4, 0.5) is 0 Å². The van der Waals surface area contributed by atoms with Crippen LogP contribution in [0, 0.1) is 0 Å². The predicted octanol–water partition coefficient (Wildman–Crippen LogP) is 2.16. The summed E-state index contributed by atoms with van der Waals surface area (Å²) in [6.45, 7) is 0. The van der Waals surface area contributed by atoms with E-state index >= 15 is 0 Å². The van der Waals surface area contributed by atoms with Crippen molar-refractivity contribution in [3.63, 3.8) is 0 Å². The molecule has 100 valence electrons. The second-order valence-corrected chi connectivity index (χ2v) is 5.49. The van der Waals surface area contributed by atoms with Crippen molar-refractivity contribution in [2.75, 3.05) is 0 Å². The van der Waals surface area contributed by atoms with Gasteiger partial charge in [0.25, 0.3) is 5.56 Å². The minimum absolute atomic E-state index is 0.183. The first-order valence-corrected chi connectivity index (χ1v) is 6.87. The van der Waals surface area contributed by atoms with Gasteiger partial charge in [-0.05, 0) is 25.0 Å². The number of nitrogens with zero attached hydrogens (tertiary/aromatic N) is 1. The third-order valence-electron chi connectivity index (χ3n) is 3.95. The zero-order valence-electron chi connectivity index (χ0n) is 10.9. The average Bonchev–Trinajstić information content (AvgIpc) is 2.40. The topological polar surface area (TPSA) is 66.0 Å². The molecule has 0 aliphatic heterocycles. The lowest BCUT2D eigenvalue weighted by molar-refractivity contribution is 0.00343. The van der Waals surface area contributed by atoms with Crippen molar-refractivity contribution in [3.05, 3.63) is 40.3 Å². The van der Waals surface area contributed by atoms with E-state index in [1.807, 2.05) is 24.3 Å². The lowest BCUT2D eigenvalue weighted by Crippen LogP contribution is -2.36. The molecule has 1 aliphatic rings. The van der Waals surface area contributed by atoms with E-state index in [1.54, 1.807) is 0 Å². The Morgan fingerprint density at radius 2 is 1.95 bits per heavy atom. The Bertz CT molecular complexity index is 642. The predicted molar refractivity (Wildman–Crippen MR) is 74.1 cm³/mol. The number of H-pyrrole nitrogens is 1. The van der Waals surface area contributed by atoms with Gasteiger partial charge in [-0.15, -0.1) is 0 Å². The first-order chi connectivity index (χ1) is 9.16. The van der Waals surface area contributed by atoms with Crippen molar-refractivity contribution in [2.45, 2.75) is 44.1 Å². The maximum Gasteiger partial charge on any atom is 0.270 e. The third-order valence-corrected chi connectivity index (χ3v) is 3.95. The Kier molecular flexibility index (Phi) is 3.11. The van der Waals surface area contributed by atoms with Crippen molar-refractivity contribution >= 4 is 11.0 Å². The molecule has 2 aromatic rings. The molecule has 0 saturated heterocycles. The Labute approximate surface area is 111 Å². The summed E-state index contributed by atoms with van der Waals surface area (Å²) in [4.78, 5) is 19.3. The summed E-state index contributed by atoms with van der Waals surface area (Å²) in [5.74, 6) is 0. The van der Waals surface area contributed by atoms with Gasteiger partial charge in [0.15, 0.2) is 0 Å². The molecule has 19 heavy (non-hydrogen) atoms. The molecule has 1 aromatic heterocycles. The number of para-hydroxylation sites is 2. The van der Waals surface area contributed by atoms with Gasteiger partial charge in [0, 0.05) is 6.42 Å². The number of benzene rings is 1. The third kappa shape index (κ3) is 2.54. The highest BCUT2D eigenvalue weighted by Crippen LogP contribution is 2.30. The van der Waals surface area contributed by atoms with Crippen LogP contribution in [0.5, 0.6) is 0 Å². The molecule has 0 amide bonds. The minimum Gasteiger partial charge on any atom is -0.389 e. The Morgan fingerprint density at radius 1 is 1.21 bits per heavy atom. The van der Waals surface area contributed by atoms with Gasteiger partial charge in [-0.1, -0.05) is 31.4 Å². The first kappa shape index (κ1) is 12.4. The Balaban J connectivity index is 1.96. The molecule has 4 nitrogen and oxygen atoms in total. The molecule has 0 atom stereocenters. The van der Waals surface area contributed by atoms with Crippen molar-refractivity contribution in [3.8, 4) is 0 Å². The van der Waals surface area contributed by atoms with Gasteiger partial charge < -0.3 is 10.1 Å². The van der Waals surface area contributed by atoms with Gasteiger partial charge in [-0.3, -0.25) is 4.79 Å². The standard InChI is InChI=1S/C15H18N2O2/c18-14-13(10-15(19)8-4-1-5-9-15)16-11-6-2-3-7-12(11)17-14/h2-3,6-7,19H,1,4-5,8-10H2,(H,17,18). The maximum atomic E-state index is 12.0. The molecule has 1 saturated carbocycles. The molecule has 1 aromatic carbocycles. The van der Waals surface area contributed by atoms with E-state index in [0.29, 0.717) is 12.1 Å². The van der Waals surface area contributed by atoms with Crippen LogP contribution in [0.1, 0.15) is 37.8 Å². The fraction of sp³-hybridized carbons (Fsp3) is 0.467. The van der Waals surface area contributed by atoms with Gasteiger partial charge in [0.05, 0.1) is 16.6 Å². The van der Waals surface area contributed by atoms with E-state index in [9.17, 15) is 9.90 Å². The van der Waals surface area contributed by atoms with Crippen LogP contribution in [0.25, 0.3) is 11.0 Å². The summed E-state index contributed by atoms with van der Waals surface area (Å²) in [7, 11) is 0. The summed E-state index contributed by atoms with van der Waals surface area (Å²) < 4.78 is 0. The zero-order valence-corrected chi connectivity index (χ0v) is 10.9. The van der Waals surface area contributed by atoms with Crippen LogP contribution in [0.15, 0.2) is 29.1 Å². The molecule has 2 N–H and O–H groups in total. The summed E-state index contributed by atoms with van der Waals surface area (Å²) >= 11 is 0. The molecule has 0 spiro atoms. The van der Waals surface area contributed by atoms with E-state index in [1.165, 1.54) is 6.42 Å². The smallest absolute Gasteiger partial charge is 0.270 e. The maximum absolute atomic E-state index is 12.0. The van der Waals surface area contributed by atoms with Crippen molar-refractivity contribution in [1.29, 1.82) is 0 Å². The van der Waals surface area contributed by atoms with Crippen LogP contribution in [-0.4, -0.2) is 20.7 Å². The molecule has 1 fully saturated rings. The van der Waals surface area contributed by atoms with Crippen molar-refractivity contribution < 1.29 is 5.11 Å². The number of aromatic amines is 1. The number of rotatable bonds is 2. The van der Waals surface area contributed by atoms with E-state index in [4.69, 9.17) is 0 Å². The molecule has 4 heteroatoms. The number of nitrogens with one attached hydrogen (secondary N) is 1. The second kappa shape index (κ2) is 4.78. The van der Waals surface area contributed by atoms with Gasteiger partial charge >= 0.3 is 0 Å². The van der Waals surface area contributed by atoms with Crippen LogP contribution in [0.2, 0.25) is 0 Å². The zero-order chi connectivity index (χ0) is 13.3. The fourth-order valence-electron chi connectivity index (χ4n) is 2.89. The highest BCUT2D eigenvalue weighted by atomic mass is 16.3. The Morgan fingerprint density at radius 3 is 2.74 bits per heavy atom. The van der Waals surface area contributed by atoms with Crippen molar-refractivity contribution in [1.82, 2.24) is 9.97 Å². The summed E-state index contributed by atoms with van der Waals surface area (Å²) in [6, 6.07) is 7.48. The van der Waals surface area contributed by atoms with E-state index in [-0.39, 0.29) is 5.56 Å². The SMILES string of the molecule is O=c1[nH]c2ccccc2nc1CC1(O)CCCCC1. The van der Waals surface area contributed by atoms with Crippen LogP contribution >= 0.6 is 0 Å².